The molecule has 2 N–H and O–H groups in total. The van der Waals surface area contributed by atoms with Gasteiger partial charge in [-0.2, -0.15) is 10.1 Å². The zero-order valence-electron chi connectivity index (χ0n) is 13.7. The number of amides is 1. The number of ether oxygens (including phenoxy) is 1. The third-order valence-corrected chi connectivity index (χ3v) is 4.66. The Morgan fingerprint density at radius 2 is 2.12 bits per heavy atom. The Bertz CT molecular complexity index is 726. The Morgan fingerprint density at radius 1 is 1.33 bits per heavy atom. The number of aryl methyl sites for hydroxylation is 1. The molecule has 0 radical (unpaired) electrons. The monoisotopic (exact) mass is 327 g/mol. The van der Waals surface area contributed by atoms with Crippen LogP contribution in [0.1, 0.15) is 30.1 Å². The minimum atomic E-state index is -0.513. The van der Waals surface area contributed by atoms with Crippen LogP contribution in [0.15, 0.2) is 24.3 Å². The highest BCUT2D eigenvalue weighted by Crippen LogP contribution is 2.29. The molecule has 0 spiro atoms. The van der Waals surface area contributed by atoms with E-state index in [-0.39, 0.29) is 5.91 Å². The number of carbonyl (C=O) groups is 1. The van der Waals surface area contributed by atoms with Crippen LogP contribution in [0.25, 0.3) is 0 Å². The molecule has 3 heterocycles. The van der Waals surface area contributed by atoms with Gasteiger partial charge in [-0.05, 0) is 37.6 Å². The van der Waals surface area contributed by atoms with Crippen LogP contribution in [0.4, 0.5) is 5.95 Å². The molecule has 1 fully saturated rings. The molecule has 2 aliphatic heterocycles. The number of benzene rings is 1. The maximum Gasteiger partial charge on any atom is 0.268 e. The van der Waals surface area contributed by atoms with Crippen molar-refractivity contribution in [3.05, 3.63) is 35.7 Å². The van der Waals surface area contributed by atoms with E-state index in [0.29, 0.717) is 18.3 Å². The molecular formula is C17H21N5O2. The lowest BCUT2D eigenvalue weighted by molar-refractivity contribution is -0.122. The first-order valence-electron chi connectivity index (χ1n) is 8.38. The van der Waals surface area contributed by atoms with Crippen molar-refractivity contribution < 1.29 is 9.53 Å². The maximum absolute atomic E-state index is 12.5. The Morgan fingerprint density at radius 3 is 2.92 bits per heavy atom. The number of aromatic nitrogens is 3. The third-order valence-electron chi connectivity index (χ3n) is 4.66. The molecule has 0 saturated carbocycles. The van der Waals surface area contributed by atoms with Gasteiger partial charge in [-0.1, -0.05) is 18.2 Å². The van der Waals surface area contributed by atoms with Crippen molar-refractivity contribution in [3.63, 3.8) is 0 Å². The number of rotatable bonds is 3. The Kier molecular flexibility index (Phi) is 3.93. The van der Waals surface area contributed by atoms with Gasteiger partial charge in [0.05, 0.1) is 0 Å². The Labute approximate surface area is 140 Å². The van der Waals surface area contributed by atoms with Crippen LogP contribution in [-0.2, 0) is 18.3 Å². The summed E-state index contributed by atoms with van der Waals surface area (Å²) in [6, 6.07) is 7.74. The Hall–Kier alpha value is -2.41. The van der Waals surface area contributed by atoms with Crippen molar-refractivity contribution in [2.45, 2.75) is 31.3 Å². The van der Waals surface area contributed by atoms with Crippen molar-refractivity contribution in [2.75, 3.05) is 18.4 Å². The summed E-state index contributed by atoms with van der Waals surface area (Å²) >= 11 is 0. The largest absolute Gasteiger partial charge is 0.480 e. The first kappa shape index (κ1) is 15.1. The van der Waals surface area contributed by atoms with Crippen molar-refractivity contribution in [1.82, 2.24) is 20.1 Å². The first-order valence-corrected chi connectivity index (χ1v) is 8.38. The summed E-state index contributed by atoms with van der Waals surface area (Å²) in [5.74, 6) is 2.25. The molecule has 7 heteroatoms. The molecule has 1 saturated heterocycles. The molecule has 0 bridgehead atoms. The topological polar surface area (TPSA) is 81.1 Å². The van der Waals surface area contributed by atoms with E-state index in [9.17, 15) is 4.79 Å². The summed E-state index contributed by atoms with van der Waals surface area (Å²) < 4.78 is 7.36. The van der Waals surface area contributed by atoms with Gasteiger partial charge in [0.25, 0.3) is 5.91 Å². The average Bonchev–Trinajstić information content (AvgIpc) is 3.20. The molecule has 0 aliphatic carbocycles. The molecule has 4 rings (SSSR count). The summed E-state index contributed by atoms with van der Waals surface area (Å²) in [4.78, 5) is 17.0. The van der Waals surface area contributed by atoms with Crippen LogP contribution in [0.3, 0.4) is 0 Å². The van der Waals surface area contributed by atoms with E-state index >= 15 is 0 Å². The van der Waals surface area contributed by atoms with E-state index in [0.717, 1.165) is 43.1 Å². The van der Waals surface area contributed by atoms with Crippen molar-refractivity contribution in [3.8, 4) is 5.75 Å². The third kappa shape index (κ3) is 2.87. The van der Waals surface area contributed by atoms with E-state index in [1.54, 1.807) is 11.7 Å². The summed E-state index contributed by atoms with van der Waals surface area (Å²) in [5, 5.41) is 10.7. The number of anilines is 1. The maximum atomic E-state index is 12.5. The predicted octanol–water partition coefficient (Wildman–Crippen LogP) is 1.22. The Balaban J connectivity index is 1.44. The zero-order chi connectivity index (χ0) is 16.5. The second-order valence-electron chi connectivity index (χ2n) is 6.35. The summed E-state index contributed by atoms with van der Waals surface area (Å²) in [7, 11) is 1.80. The number of para-hydroxylation sites is 1. The lowest BCUT2D eigenvalue weighted by Gasteiger charge is -2.19. The predicted molar refractivity (Wildman–Crippen MR) is 89.0 cm³/mol. The quantitative estimate of drug-likeness (QED) is 0.886. The molecule has 1 aromatic carbocycles. The normalized spacial score (nSPS) is 20.5. The molecule has 1 aromatic heterocycles. The van der Waals surface area contributed by atoms with Crippen LogP contribution in [-0.4, -0.2) is 39.9 Å². The standard InChI is InChI=1S/C17H21N5O2/c1-22-17(19-15(21-22)11-6-8-18-9-7-11)20-16(23)14-10-12-4-2-3-5-13(12)24-14/h2-5,11,14,18H,6-10H2,1H3,(H,19,20,21,23). The number of hydrogen-bond donors (Lipinski definition) is 2. The minimum Gasteiger partial charge on any atom is -0.480 e. The highest BCUT2D eigenvalue weighted by atomic mass is 16.5. The second kappa shape index (κ2) is 6.24. The number of nitrogens with one attached hydrogen (secondary N) is 2. The smallest absolute Gasteiger partial charge is 0.268 e. The van der Waals surface area contributed by atoms with E-state index < -0.39 is 6.10 Å². The molecule has 1 atom stereocenters. The van der Waals surface area contributed by atoms with E-state index in [2.05, 4.69) is 20.7 Å². The first-order chi connectivity index (χ1) is 11.7. The van der Waals surface area contributed by atoms with Crippen molar-refractivity contribution in [2.24, 2.45) is 7.05 Å². The van der Waals surface area contributed by atoms with Crippen LogP contribution >= 0.6 is 0 Å². The van der Waals surface area contributed by atoms with E-state index in [4.69, 9.17) is 4.74 Å². The van der Waals surface area contributed by atoms with Crippen LogP contribution in [0.5, 0.6) is 5.75 Å². The van der Waals surface area contributed by atoms with Gasteiger partial charge in [0.15, 0.2) is 11.9 Å². The van der Waals surface area contributed by atoms with Crippen LogP contribution < -0.4 is 15.4 Å². The molecule has 7 nitrogen and oxygen atoms in total. The fourth-order valence-corrected chi connectivity index (χ4v) is 3.29. The van der Waals surface area contributed by atoms with Crippen molar-refractivity contribution in [1.29, 1.82) is 0 Å². The minimum absolute atomic E-state index is 0.182. The number of piperidine rings is 1. The van der Waals surface area contributed by atoms with Gasteiger partial charge in [0, 0.05) is 19.4 Å². The highest BCUT2D eigenvalue weighted by Gasteiger charge is 2.30. The number of fused-ring (bicyclic) bond motifs is 1. The zero-order valence-corrected chi connectivity index (χ0v) is 13.7. The fourth-order valence-electron chi connectivity index (χ4n) is 3.29. The van der Waals surface area contributed by atoms with Crippen molar-refractivity contribution >= 4 is 11.9 Å². The molecular weight excluding hydrogens is 306 g/mol. The van der Waals surface area contributed by atoms with Gasteiger partial charge in [0.2, 0.25) is 5.95 Å². The van der Waals surface area contributed by atoms with E-state index in [1.165, 1.54) is 0 Å². The average molecular weight is 327 g/mol. The van der Waals surface area contributed by atoms with Crippen LogP contribution in [0, 0.1) is 0 Å². The fraction of sp³-hybridized carbons (Fsp3) is 0.471. The highest BCUT2D eigenvalue weighted by molar-refractivity contribution is 5.93. The van der Waals surface area contributed by atoms with Gasteiger partial charge >= 0.3 is 0 Å². The van der Waals surface area contributed by atoms with Gasteiger partial charge in [-0.3, -0.25) is 10.1 Å². The molecule has 24 heavy (non-hydrogen) atoms. The van der Waals surface area contributed by atoms with Gasteiger partial charge in [-0.15, -0.1) is 0 Å². The lowest BCUT2D eigenvalue weighted by Crippen LogP contribution is -2.32. The van der Waals surface area contributed by atoms with Crippen LogP contribution in [0.2, 0.25) is 0 Å². The summed E-state index contributed by atoms with van der Waals surface area (Å²) in [5.41, 5.74) is 1.06. The number of carbonyl (C=O) groups excluding carboxylic acids is 1. The molecule has 1 unspecified atom stereocenters. The van der Waals surface area contributed by atoms with E-state index in [1.807, 2.05) is 24.3 Å². The second-order valence-corrected chi connectivity index (χ2v) is 6.35. The molecule has 2 aromatic rings. The summed E-state index contributed by atoms with van der Waals surface area (Å²) in [6.07, 6.45) is 2.12. The van der Waals surface area contributed by atoms with Gasteiger partial charge < -0.3 is 10.1 Å². The SMILES string of the molecule is Cn1nc(C2CCNCC2)nc1NC(=O)C1Cc2ccccc2O1. The lowest BCUT2D eigenvalue weighted by atomic mass is 9.98. The van der Waals surface area contributed by atoms with Gasteiger partial charge in [0.1, 0.15) is 5.75 Å². The molecule has 2 aliphatic rings. The molecule has 126 valence electrons. The summed E-state index contributed by atoms with van der Waals surface area (Å²) in [6.45, 7) is 1.97. The number of nitrogens with zero attached hydrogens (tertiary/aromatic N) is 3. The molecule has 1 amide bonds. The van der Waals surface area contributed by atoms with Gasteiger partial charge in [-0.25, -0.2) is 4.68 Å². The number of hydrogen-bond acceptors (Lipinski definition) is 5.